The largest absolute Gasteiger partial charge is 0.497 e. The molecule has 1 unspecified atom stereocenters. The average Bonchev–Trinajstić information content (AvgIpc) is 2.46. The number of thioether (sulfide) groups is 1. The number of methoxy groups -OCH3 is 1. The van der Waals surface area contributed by atoms with Crippen LogP contribution in [0.5, 0.6) is 5.75 Å². The molecule has 4 nitrogen and oxygen atoms in total. The summed E-state index contributed by atoms with van der Waals surface area (Å²) in [6, 6.07) is 5.97. The average molecular weight is 290 g/mol. The lowest BCUT2D eigenvalue weighted by molar-refractivity contribution is -0.121. The highest BCUT2D eigenvalue weighted by atomic mass is 32.2. The van der Waals surface area contributed by atoms with Gasteiger partial charge in [0, 0.05) is 17.2 Å². The van der Waals surface area contributed by atoms with Gasteiger partial charge in [0.15, 0.2) is 0 Å². The summed E-state index contributed by atoms with van der Waals surface area (Å²) in [5.74, 6) is 0.974. The van der Waals surface area contributed by atoms with Gasteiger partial charge < -0.3 is 4.74 Å². The van der Waals surface area contributed by atoms with Crippen molar-refractivity contribution in [2.45, 2.75) is 18.2 Å². The van der Waals surface area contributed by atoms with E-state index in [1.54, 1.807) is 18.9 Å². The topological polar surface area (TPSA) is 50.7 Å². The third kappa shape index (κ3) is 3.42. The lowest BCUT2D eigenvalue weighted by atomic mass is 9.99. The zero-order chi connectivity index (χ0) is 14.5. The summed E-state index contributed by atoms with van der Waals surface area (Å²) >= 11 is 1.67. The van der Waals surface area contributed by atoms with Gasteiger partial charge in [0.2, 0.25) is 5.91 Å². The summed E-state index contributed by atoms with van der Waals surface area (Å²) in [5, 5.41) is 4.09. The molecule has 0 bridgehead atoms. The maximum absolute atomic E-state index is 11.2. The van der Waals surface area contributed by atoms with Gasteiger partial charge in [-0.15, -0.1) is 11.8 Å². The molecule has 106 valence electrons. The standard InChI is InChI=1S/C15H18N2O2S/c1-10-8-15(18)17-16-13(10)7-5-11-4-6-12(19-2)9-14(11)20-3/h4-7,9-10H,8H2,1-3H3,(H,17,18). The van der Waals surface area contributed by atoms with Gasteiger partial charge in [0.1, 0.15) is 5.75 Å². The SMILES string of the molecule is COc1ccc(C=CC2=NNC(=O)CC2C)c(SC)c1. The van der Waals surface area contributed by atoms with Crippen molar-refractivity contribution in [1.82, 2.24) is 5.43 Å². The molecule has 0 saturated carbocycles. The van der Waals surface area contributed by atoms with Gasteiger partial charge in [-0.3, -0.25) is 4.79 Å². The van der Waals surface area contributed by atoms with E-state index in [2.05, 4.69) is 10.5 Å². The smallest absolute Gasteiger partial charge is 0.240 e. The van der Waals surface area contributed by atoms with E-state index in [1.165, 1.54) is 0 Å². The Hall–Kier alpha value is -1.75. The van der Waals surface area contributed by atoms with E-state index in [0.29, 0.717) is 6.42 Å². The lowest BCUT2D eigenvalue weighted by Crippen LogP contribution is -2.30. The van der Waals surface area contributed by atoms with Crippen LogP contribution in [0.25, 0.3) is 6.08 Å². The van der Waals surface area contributed by atoms with Gasteiger partial charge >= 0.3 is 0 Å². The summed E-state index contributed by atoms with van der Waals surface area (Å²) in [5.41, 5.74) is 4.53. The summed E-state index contributed by atoms with van der Waals surface area (Å²) in [4.78, 5) is 12.4. The van der Waals surface area contributed by atoms with Gasteiger partial charge in [-0.2, -0.15) is 5.10 Å². The number of hydrogen-bond donors (Lipinski definition) is 1. The molecule has 1 aromatic rings. The minimum Gasteiger partial charge on any atom is -0.497 e. The molecule has 20 heavy (non-hydrogen) atoms. The van der Waals surface area contributed by atoms with Crippen LogP contribution < -0.4 is 10.2 Å². The summed E-state index contributed by atoms with van der Waals surface area (Å²) in [6.45, 7) is 2.01. The summed E-state index contributed by atoms with van der Waals surface area (Å²) in [7, 11) is 1.66. The number of nitrogens with zero attached hydrogens (tertiary/aromatic N) is 1. The zero-order valence-electron chi connectivity index (χ0n) is 11.8. The van der Waals surface area contributed by atoms with E-state index in [0.717, 1.165) is 21.9 Å². The summed E-state index contributed by atoms with van der Waals surface area (Å²) < 4.78 is 5.23. The minimum atomic E-state index is -0.0242. The van der Waals surface area contributed by atoms with E-state index >= 15 is 0 Å². The molecule has 0 spiro atoms. The maximum atomic E-state index is 11.2. The fourth-order valence-electron chi connectivity index (χ4n) is 2.00. The van der Waals surface area contributed by atoms with Crippen LogP contribution in [0.15, 0.2) is 34.3 Å². The van der Waals surface area contributed by atoms with Crippen LogP contribution in [0, 0.1) is 5.92 Å². The van der Waals surface area contributed by atoms with Gasteiger partial charge in [0.05, 0.1) is 12.8 Å². The molecule has 0 saturated heterocycles. The number of nitrogens with one attached hydrogen (secondary N) is 1. The first-order chi connectivity index (χ1) is 9.63. The predicted octanol–water partition coefficient (Wildman–Crippen LogP) is 2.94. The first kappa shape index (κ1) is 14.7. The Labute approximate surface area is 123 Å². The van der Waals surface area contributed by atoms with Crippen LogP contribution in [0.3, 0.4) is 0 Å². The molecule has 1 N–H and O–H groups in total. The molecule has 0 aromatic heterocycles. The normalized spacial score (nSPS) is 18.9. The van der Waals surface area contributed by atoms with Crippen molar-refractivity contribution in [3.05, 3.63) is 29.8 Å². The second-order valence-electron chi connectivity index (χ2n) is 4.62. The number of benzene rings is 1. The van der Waals surface area contributed by atoms with Crippen LogP contribution in [0.4, 0.5) is 0 Å². The van der Waals surface area contributed by atoms with Crippen molar-refractivity contribution in [1.29, 1.82) is 0 Å². The highest BCUT2D eigenvalue weighted by Crippen LogP contribution is 2.26. The highest BCUT2D eigenvalue weighted by molar-refractivity contribution is 7.98. The molecule has 0 radical (unpaired) electrons. The van der Waals surface area contributed by atoms with Crippen molar-refractivity contribution in [2.75, 3.05) is 13.4 Å². The van der Waals surface area contributed by atoms with Crippen molar-refractivity contribution in [3.8, 4) is 5.75 Å². The van der Waals surface area contributed by atoms with Gasteiger partial charge in [0.25, 0.3) is 0 Å². The number of amides is 1. The van der Waals surface area contributed by atoms with Gasteiger partial charge in [-0.25, -0.2) is 5.43 Å². The molecule has 1 aliphatic heterocycles. The van der Waals surface area contributed by atoms with Crippen LogP contribution in [0.1, 0.15) is 18.9 Å². The number of hydrogen-bond acceptors (Lipinski definition) is 4. The Bertz CT molecular complexity index is 567. The molecule has 0 aliphatic carbocycles. The molecule has 1 heterocycles. The molecule has 1 aromatic carbocycles. The Kier molecular flexibility index (Phi) is 4.84. The molecule has 0 fully saturated rings. The number of ether oxygens (including phenoxy) is 1. The van der Waals surface area contributed by atoms with Crippen LogP contribution in [-0.2, 0) is 4.79 Å². The lowest BCUT2D eigenvalue weighted by Gasteiger charge is -2.16. The number of allylic oxidation sites excluding steroid dienone is 1. The number of carbonyl (C=O) groups excluding carboxylic acids is 1. The van der Waals surface area contributed by atoms with E-state index < -0.39 is 0 Å². The number of hydrazone groups is 1. The van der Waals surface area contributed by atoms with E-state index in [4.69, 9.17) is 4.74 Å². The van der Waals surface area contributed by atoms with Crippen molar-refractivity contribution in [2.24, 2.45) is 11.0 Å². The Morgan fingerprint density at radius 3 is 2.90 bits per heavy atom. The molecule has 2 rings (SSSR count). The third-order valence-electron chi connectivity index (χ3n) is 3.18. The van der Waals surface area contributed by atoms with Crippen molar-refractivity contribution >= 4 is 29.5 Å². The monoisotopic (exact) mass is 290 g/mol. The fraction of sp³-hybridized carbons (Fsp3) is 0.333. The highest BCUT2D eigenvalue weighted by Gasteiger charge is 2.17. The second-order valence-corrected chi connectivity index (χ2v) is 5.47. The molecular formula is C15H18N2O2S. The predicted molar refractivity (Wildman–Crippen MR) is 83.2 cm³/mol. The molecule has 1 atom stereocenters. The van der Waals surface area contributed by atoms with E-state index in [1.807, 2.05) is 43.5 Å². The molecule has 1 aliphatic rings. The first-order valence-corrected chi connectivity index (χ1v) is 7.63. The number of rotatable bonds is 4. The molecule has 1 amide bonds. The maximum Gasteiger partial charge on any atom is 0.240 e. The fourth-order valence-corrected chi connectivity index (χ4v) is 2.60. The van der Waals surface area contributed by atoms with Crippen molar-refractivity contribution < 1.29 is 9.53 Å². The number of carbonyl (C=O) groups is 1. The van der Waals surface area contributed by atoms with Crippen LogP contribution >= 0.6 is 11.8 Å². The van der Waals surface area contributed by atoms with E-state index in [9.17, 15) is 4.79 Å². The van der Waals surface area contributed by atoms with Gasteiger partial charge in [-0.05, 0) is 30.0 Å². The molecular weight excluding hydrogens is 272 g/mol. The third-order valence-corrected chi connectivity index (χ3v) is 3.97. The second kappa shape index (κ2) is 6.61. The first-order valence-electron chi connectivity index (χ1n) is 6.40. The minimum absolute atomic E-state index is 0.0242. The Morgan fingerprint density at radius 1 is 1.45 bits per heavy atom. The van der Waals surface area contributed by atoms with Gasteiger partial charge in [-0.1, -0.05) is 19.1 Å². The van der Waals surface area contributed by atoms with E-state index in [-0.39, 0.29) is 11.8 Å². The molecule has 5 heteroatoms. The quantitative estimate of drug-likeness (QED) is 0.867. The summed E-state index contributed by atoms with van der Waals surface area (Å²) in [6.07, 6.45) is 6.51. The Balaban J connectivity index is 2.21. The Morgan fingerprint density at radius 2 is 2.25 bits per heavy atom. The van der Waals surface area contributed by atoms with Crippen LogP contribution in [0.2, 0.25) is 0 Å². The zero-order valence-corrected chi connectivity index (χ0v) is 12.7. The van der Waals surface area contributed by atoms with Crippen LogP contribution in [-0.4, -0.2) is 25.0 Å². The van der Waals surface area contributed by atoms with Crippen molar-refractivity contribution in [3.63, 3.8) is 0 Å².